The van der Waals surface area contributed by atoms with Gasteiger partial charge >= 0.3 is 0 Å². The summed E-state index contributed by atoms with van der Waals surface area (Å²) in [6, 6.07) is 5.78. The summed E-state index contributed by atoms with van der Waals surface area (Å²) in [5, 5.41) is 19.7. The molecule has 0 aromatic heterocycles. The predicted molar refractivity (Wildman–Crippen MR) is 76.9 cm³/mol. The van der Waals surface area contributed by atoms with Crippen molar-refractivity contribution in [2.45, 2.75) is 51.4 Å². The average molecular weight is 280 g/mol. The molecule has 112 valence electrons. The van der Waals surface area contributed by atoms with Gasteiger partial charge in [0.1, 0.15) is 18.5 Å². The molecule has 2 N–H and O–H groups in total. The van der Waals surface area contributed by atoms with Crippen molar-refractivity contribution in [1.29, 1.82) is 0 Å². The molecule has 1 aromatic carbocycles. The standard InChI is InChI=1S/C16H24O4/c1-11(2)19-9-13(17)10-20-14-7-6-12-4-3-5-16(18)15(12)8-14/h6-8,11,13,16-18H,3-5,9-10H2,1-2H3/t13?,16-/m0/s1. The molecule has 0 spiro atoms. The largest absolute Gasteiger partial charge is 0.491 e. The van der Waals surface area contributed by atoms with Crippen molar-refractivity contribution >= 4 is 0 Å². The predicted octanol–water partition coefficient (Wildman–Crippen LogP) is 2.22. The van der Waals surface area contributed by atoms with Crippen LogP contribution < -0.4 is 4.74 Å². The summed E-state index contributed by atoms with van der Waals surface area (Å²) in [4.78, 5) is 0. The number of aliphatic hydroxyl groups excluding tert-OH is 2. The molecule has 20 heavy (non-hydrogen) atoms. The summed E-state index contributed by atoms with van der Waals surface area (Å²) in [6.45, 7) is 4.32. The van der Waals surface area contributed by atoms with Crippen LogP contribution in [0.4, 0.5) is 0 Å². The second-order valence-corrected chi connectivity index (χ2v) is 5.62. The average Bonchev–Trinajstić information content (AvgIpc) is 2.43. The van der Waals surface area contributed by atoms with Crippen LogP contribution in [0.1, 0.15) is 43.9 Å². The van der Waals surface area contributed by atoms with Gasteiger partial charge in [0.05, 0.1) is 18.8 Å². The molecule has 0 aliphatic heterocycles. The van der Waals surface area contributed by atoms with Crippen LogP contribution in [0, 0.1) is 0 Å². The van der Waals surface area contributed by atoms with Crippen LogP contribution in [-0.4, -0.2) is 35.6 Å². The highest BCUT2D eigenvalue weighted by Crippen LogP contribution is 2.32. The van der Waals surface area contributed by atoms with Crippen molar-refractivity contribution in [3.05, 3.63) is 29.3 Å². The van der Waals surface area contributed by atoms with Gasteiger partial charge in [-0.2, -0.15) is 0 Å². The van der Waals surface area contributed by atoms with E-state index in [1.54, 1.807) is 0 Å². The lowest BCUT2D eigenvalue weighted by Gasteiger charge is -2.22. The topological polar surface area (TPSA) is 58.9 Å². The number of fused-ring (bicyclic) bond motifs is 1. The van der Waals surface area contributed by atoms with Crippen molar-refractivity contribution in [3.8, 4) is 5.75 Å². The van der Waals surface area contributed by atoms with Crippen molar-refractivity contribution in [1.82, 2.24) is 0 Å². The number of aryl methyl sites for hydroxylation is 1. The minimum absolute atomic E-state index is 0.101. The van der Waals surface area contributed by atoms with Crippen LogP contribution in [0.2, 0.25) is 0 Å². The van der Waals surface area contributed by atoms with Gasteiger partial charge in [-0.15, -0.1) is 0 Å². The van der Waals surface area contributed by atoms with E-state index in [4.69, 9.17) is 9.47 Å². The normalized spacial score (nSPS) is 19.8. The number of aliphatic hydroxyl groups is 2. The number of rotatable bonds is 6. The SMILES string of the molecule is CC(C)OCC(O)COc1ccc2c(c1)[C@@H](O)CCC2. The van der Waals surface area contributed by atoms with Crippen LogP contribution in [0.25, 0.3) is 0 Å². The first-order chi connectivity index (χ1) is 9.56. The molecule has 0 fully saturated rings. The van der Waals surface area contributed by atoms with E-state index in [0.717, 1.165) is 24.8 Å². The Morgan fingerprint density at radius 3 is 2.85 bits per heavy atom. The summed E-state index contributed by atoms with van der Waals surface area (Å²) >= 11 is 0. The molecule has 0 saturated carbocycles. The first kappa shape index (κ1) is 15.3. The molecule has 0 amide bonds. The maximum Gasteiger partial charge on any atom is 0.119 e. The third-order valence-corrected chi connectivity index (χ3v) is 3.46. The Morgan fingerprint density at radius 2 is 2.10 bits per heavy atom. The number of hydrogen-bond donors (Lipinski definition) is 2. The lowest BCUT2D eigenvalue weighted by atomic mass is 9.89. The third-order valence-electron chi connectivity index (χ3n) is 3.46. The van der Waals surface area contributed by atoms with Gasteiger partial charge in [0, 0.05) is 0 Å². The van der Waals surface area contributed by atoms with Gasteiger partial charge in [0.2, 0.25) is 0 Å². The van der Waals surface area contributed by atoms with Crippen molar-refractivity contribution < 1.29 is 19.7 Å². The molecule has 1 unspecified atom stereocenters. The van der Waals surface area contributed by atoms with Crippen LogP contribution >= 0.6 is 0 Å². The fraction of sp³-hybridized carbons (Fsp3) is 0.625. The molecule has 4 heteroatoms. The Kier molecular flexibility index (Phi) is 5.40. The Hall–Kier alpha value is -1.10. The highest BCUT2D eigenvalue weighted by atomic mass is 16.5. The van der Waals surface area contributed by atoms with Crippen LogP contribution in [0.3, 0.4) is 0 Å². The zero-order chi connectivity index (χ0) is 14.5. The molecule has 0 heterocycles. The van der Waals surface area contributed by atoms with E-state index in [1.165, 1.54) is 5.56 Å². The fourth-order valence-corrected chi connectivity index (χ4v) is 2.39. The Morgan fingerprint density at radius 1 is 1.30 bits per heavy atom. The van der Waals surface area contributed by atoms with E-state index in [0.29, 0.717) is 5.75 Å². The monoisotopic (exact) mass is 280 g/mol. The summed E-state index contributed by atoms with van der Waals surface area (Å²) in [5.74, 6) is 0.688. The molecule has 0 saturated heterocycles. The van der Waals surface area contributed by atoms with E-state index in [9.17, 15) is 10.2 Å². The molecular weight excluding hydrogens is 256 g/mol. The van der Waals surface area contributed by atoms with Gasteiger partial charge in [-0.3, -0.25) is 0 Å². The van der Waals surface area contributed by atoms with E-state index < -0.39 is 12.2 Å². The van der Waals surface area contributed by atoms with Crippen LogP contribution in [-0.2, 0) is 11.2 Å². The van der Waals surface area contributed by atoms with Crippen molar-refractivity contribution in [3.63, 3.8) is 0 Å². The van der Waals surface area contributed by atoms with Gasteiger partial charge < -0.3 is 19.7 Å². The quantitative estimate of drug-likeness (QED) is 0.839. The number of benzene rings is 1. The Balaban J connectivity index is 1.89. The first-order valence-electron chi connectivity index (χ1n) is 7.29. The maximum absolute atomic E-state index is 9.98. The van der Waals surface area contributed by atoms with E-state index in [2.05, 4.69) is 0 Å². The molecule has 2 atom stereocenters. The number of hydrogen-bond acceptors (Lipinski definition) is 4. The van der Waals surface area contributed by atoms with E-state index in [1.807, 2.05) is 32.0 Å². The zero-order valence-corrected chi connectivity index (χ0v) is 12.2. The minimum atomic E-state index is -0.640. The second-order valence-electron chi connectivity index (χ2n) is 5.62. The van der Waals surface area contributed by atoms with Crippen molar-refractivity contribution in [2.75, 3.05) is 13.2 Å². The maximum atomic E-state index is 9.98. The summed E-state index contributed by atoms with van der Waals surface area (Å²) in [5.41, 5.74) is 2.15. The van der Waals surface area contributed by atoms with Gasteiger partial charge in [0.15, 0.2) is 0 Å². The molecule has 1 aliphatic carbocycles. The summed E-state index contributed by atoms with van der Waals surface area (Å²) in [7, 11) is 0. The third kappa shape index (κ3) is 4.20. The second kappa shape index (κ2) is 7.07. The fourth-order valence-electron chi connectivity index (χ4n) is 2.39. The molecule has 1 aromatic rings. The molecule has 1 aliphatic rings. The summed E-state index contributed by atoms with van der Waals surface area (Å²) < 4.78 is 10.9. The van der Waals surface area contributed by atoms with Crippen molar-refractivity contribution in [2.24, 2.45) is 0 Å². The Labute approximate surface area is 120 Å². The summed E-state index contributed by atoms with van der Waals surface area (Å²) in [6.07, 6.45) is 1.91. The molecule has 0 radical (unpaired) electrons. The smallest absolute Gasteiger partial charge is 0.119 e. The zero-order valence-electron chi connectivity index (χ0n) is 12.2. The highest BCUT2D eigenvalue weighted by molar-refractivity contribution is 5.38. The molecule has 2 rings (SSSR count). The van der Waals surface area contributed by atoms with Gasteiger partial charge in [0.25, 0.3) is 0 Å². The van der Waals surface area contributed by atoms with Crippen LogP contribution in [0.15, 0.2) is 18.2 Å². The first-order valence-corrected chi connectivity index (χ1v) is 7.29. The van der Waals surface area contributed by atoms with E-state index in [-0.39, 0.29) is 19.3 Å². The Bertz CT molecular complexity index is 430. The number of ether oxygens (including phenoxy) is 2. The van der Waals surface area contributed by atoms with E-state index >= 15 is 0 Å². The molecule has 0 bridgehead atoms. The van der Waals surface area contributed by atoms with Gasteiger partial charge in [-0.25, -0.2) is 0 Å². The lowest BCUT2D eigenvalue weighted by Crippen LogP contribution is -2.25. The lowest BCUT2D eigenvalue weighted by molar-refractivity contribution is -0.0123. The van der Waals surface area contributed by atoms with Gasteiger partial charge in [-0.1, -0.05) is 6.07 Å². The van der Waals surface area contributed by atoms with Gasteiger partial charge in [-0.05, 0) is 56.4 Å². The van der Waals surface area contributed by atoms with Crippen LogP contribution in [0.5, 0.6) is 5.75 Å². The molecular formula is C16H24O4. The minimum Gasteiger partial charge on any atom is -0.491 e. The highest BCUT2D eigenvalue weighted by Gasteiger charge is 2.18. The molecule has 4 nitrogen and oxygen atoms in total.